The fourth-order valence-electron chi connectivity index (χ4n) is 2.16. The molecular formula is C19H21NO3. The van der Waals surface area contributed by atoms with Crippen molar-refractivity contribution in [2.24, 2.45) is 0 Å². The predicted octanol–water partition coefficient (Wildman–Crippen LogP) is 3.66. The highest BCUT2D eigenvalue weighted by molar-refractivity contribution is 5.96. The average Bonchev–Trinajstić information content (AvgIpc) is 2.57. The van der Waals surface area contributed by atoms with Crippen LogP contribution in [0.15, 0.2) is 42.5 Å². The maximum Gasteiger partial charge on any atom is 0.338 e. The molecule has 0 fully saturated rings. The minimum absolute atomic E-state index is 0.304. The molecule has 0 spiro atoms. The monoisotopic (exact) mass is 311 g/mol. The van der Waals surface area contributed by atoms with Crippen LogP contribution in [0.3, 0.4) is 0 Å². The zero-order valence-corrected chi connectivity index (χ0v) is 13.7. The topological polar surface area (TPSA) is 55.4 Å². The molecule has 23 heavy (non-hydrogen) atoms. The van der Waals surface area contributed by atoms with Crippen molar-refractivity contribution >= 4 is 17.6 Å². The second kappa shape index (κ2) is 7.58. The number of amides is 1. The molecule has 0 aromatic heterocycles. The third kappa shape index (κ3) is 4.42. The molecule has 0 saturated carbocycles. The summed E-state index contributed by atoms with van der Waals surface area (Å²) < 4.78 is 5.05. The number of nitrogens with one attached hydrogen (secondary N) is 1. The lowest BCUT2D eigenvalue weighted by Gasteiger charge is -2.10. The van der Waals surface area contributed by atoms with E-state index in [1.54, 1.807) is 12.1 Å². The van der Waals surface area contributed by atoms with E-state index in [9.17, 15) is 9.59 Å². The number of hydrogen-bond donors (Lipinski definition) is 1. The largest absolute Gasteiger partial charge is 0.452 e. The maximum atomic E-state index is 11.9. The highest BCUT2D eigenvalue weighted by atomic mass is 16.5. The van der Waals surface area contributed by atoms with Crippen LogP contribution in [-0.2, 0) is 16.0 Å². The van der Waals surface area contributed by atoms with Crippen molar-refractivity contribution in [2.75, 3.05) is 11.9 Å². The quantitative estimate of drug-likeness (QED) is 0.857. The highest BCUT2D eigenvalue weighted by Gasteiger charge is 2.11. The van der Waals surface area contributed by atoms with Gasteiger partial charge in [0, 0.05) is 5.69 Å². The molecular weight excluding hydrogens is 290 g/mol. The Morgan fingerprint density at radius 2 is 1.74 bits per heavy atom. The average molecular weight is 311 g/mol. The Morgan fingerprint density at radius 1 is 1.04 bits per heavy atom. The van der Waals surface area contributed by atoms with Crippen molar-refractivity contribution < 1.29 is 14.3 Å². The molecule has 0 atom stereocenters. The lowest BCUT2D eigenvalue weighted by atomic mass is 10.1. The lowest BCUT2D eigenvalue weighted by Crippen LogP contribution is -2.21. The summed E-state index contributed by atoms with van der Waals surface area (Å²) in [7, 11) is 0. The van der Waals surface area contributed by atoms with Gasteiger partial charge in [-0.3, -0.25) is 4.79 Å². The molecule has 2 rings (SSSR count). The van der Waals surface area contributed by atoms with E-state index in [4.69, 9.17) is 4.74 Å². The number of benzene rings is 2. The van der Waals surface area contributed by atoms with Crippen molar-refractivity contribution in [3.63, 3.8) is 0 Å². The zero-order chi connectivity index (χ0) is 16.8. The molecule has 0 unspecified atom stereocenters. The first kappa shape index (κ1) is 16.7. The summed E-state index contributed by atoms with van der Waals surface area (Å²) >= 11 is 0. The molecule has 0 aliphatic carbocycles. The third-order valence-electron chi connectivity index (χ3n) is 3.81. The van der Waals surface area contributed by atoms with Crippen LogP contribution in [0.2, 0.25) is 0 Å². The Kier molecular flexibility index (Phi) is 5.52. The Labute approximate surface area is 136 Å². The minimum atomic E-state index is -0.497. The van der Waals surface area contributed by atoms with Gasteiger partial charge in [-0.05, 0) is 55.2 Å². The molecule has 0 saturated heterocycles. The Balaban J connectivity index is 1.90. The number of aryl methyl sites for hydroxylation is 2. The van der Waals surface area contributed by atoms with Crippen LogP contribution >= 0.6 is 0 Å². The first-order valence-corrected chi connectivity index (χ1v) is 7.63. The van der Waals surface area contributed by atoms with Gasteiger partial charge in [0.05, 0.1) is 5.56 Å². The zero-order valence-electron chi connectivity index (χ0n) is 13.7. The fraction of sp³-hybridized carbons (Fsp3) is 0.263. The summed E-state index contributed by atoms with van der Waals surface area (Å²) in [6.45, 7) is 5.66. The first-order valence-electron chi connectivity index (χ1n) is 7.63. The number of carbonyl (C=O) groups is 2. The Bertz CT molecular complexity index is 705. The maximum absolute atomic E-state index is 11.9. The molecule has 2 aromatic carbocycles. The van der Waals surface area contributed by atoms with Gasteiger partial charge >= 0.3 is 5.97 Å². The molecule has 4 nitrogen and oxygen atoms in total. The van der Waals surface area contributed by atoms with Crippen molar-refractivity contribution in [1.82, 2.24) is 0 Å². The Morgan fingerprint density at radius 3 is 2.39 bits per heavy atom. The van der Waals surface area contributed by atoms with Crippen LogP contribution in [0.1, 0.15) is 34.0 Å². The van der Waals surface area contributed by atoms with Gasteiger partial charge in [0.2, 0.25) is 0 Å². The second-order valence-electron chi connectivity index (χ2n) is 5.42. The SMILES string of the molecule is CCc1ccc(C(=O)OCC(=O)Nc2cccc(C)c2C)cc1. The van der Waals surface area contributed by atoms with Crippen LogP contribution in [0.4, 0.5) is 5.69 Å². The Hall–Kier alpha value is -2.62. The van der Waals surface area contributed by atoms with Crippen molar-refractivity contribution in [2.45, 2.75) is 27.2 Å². The van der Waals surface area contributed by atoms with E-state index in [0.29, 0.717) is 5.56 Å². The number of hydrogen-bond acceptors (Lipinski definition) is 3. The number of anilines is 1. The molecule has 120 valence electrons. The number of rotatable bonds is 5. The number of ether oxygens (including phenoxy) is 1. The summed E-state index contributed by atoms with van der Waals surface area (Å²) in [6, 6.07) is 12.9. The summed E-state index contributed by atoms with van der Waals surface area (Å²) in [5, 5.41) is 2.76. The van der Waals surface area contributed by atoms with Crippen molar-refractivity contribution in [3.8, 4) is 0 Å². The van der Waals surface area contributed by atoms with E-state index < -0.39 is 5.97 Å². The van der Waals surface area contributed by atoms with E-state index >= 15 is 0 Å². The van der Waals surface area contributed by atoms with Gasteiger partial charge in [-0.1, -0.05) is 31.2 Å². The van der Waals surface area contributed by atoms with Crippen LogP contribution < -0.4 is 5.32 Å². The molecule has 0 aliphatic rings. The first-order chi connectivity index (χ1) is 11.0. The van der Waals surface area contributed by atoms with Gasteiger partial charge in [-0.25, -0.2) is 4.79 Å². The van der Waals surface area contributed by atoms with Crippen molar-refractivity contribution in [3.05, 3.63) is 64.7 Å². The summed E-state index contributed by atoms with van der Waals surface area (Å²) in [4.78, 5) is 23.8. The number of esters is 1. The normalized spacial score (nSPS) is 10.2. The standard InChI is InChI=1S/C19H21NO3/c1-4-15-8-10-16(11-9-15)19(22)23-12-18(21)20-17-7-5-6-13(2)14(17)3/h5-11H,4,12H2,1-3H3,(H,20,21). The van der Waals surface area contributed by atoms with Gasteiger partial charge in [0.1, 0.15) is 0 Å². The number of carbonyl (C=O) groups excluding carboxylic acids is 2. The van der Waals surface area contributed by atoms with Crippen molar-refractivity contribution in [1.29, 1.82) is 0 Å². The van der Waals surface area contributed by atoms with Crippen LogP contribution in [-0.4, -0.2) is 18.5 Å². The van der Waals surface area contributed by atoms with Crippen LogP contribution in [0.25, 0.3) is 0 Å². The smallest absolute Gasteiger partial charge is 0.338 e. The van der Waals surface area contributed by atoms with E-state index in [1.165, 1.54) is 0 Å². The van der Waals surface area contributed by atoms with E-state index in [0.717, 1.165) is 28.8 Å². The molecule has 1 amide bonds. The molecule has 0 bridgehead atoms. The molecule has 4 heteroatoms. The minimum Gasteiger partial charge on any atom is -0.452 e. The predicted molar refractivity (Wildman–Crippen MR) is 90.6 cm³/mol. The van der Waals surface area contributed by atoms with Gasteiger partial charge in [0.25, 0.3) is 5.91 Å². The highest BCUT2D eigenvalue weighted by Crippen LogP contribution is 2.17. The third-order valence-corrected chi connectivity index (χ3v) is 3.81. The van der Waals surface area contributed by atoms with Gasteiger partial charge in [-0.15, -0.1) is 0 Å². The van der Waals surface area contributed by atoms with E-state index in [-0.39, 0.29) is 12.5 Å². The lowest BCUT2D eigenvalue weighted by molar-refractivity contribution is -0.119. The van der Waals surface area contributed by atoms with Crippen LogP contribution in [0.5, 0.6) is 0 Å². The molecule has 0 aliphatic heterocycles. The summed E-state index contributed by atoms with van der Waals surface area (Å²) in [5.74, 6) is -0.846. The molecule has 0 heterocycles. The summed E-state index contributed by atoms with van der Waals surface area (Å²) in [6.07, 6.45) is 0.910. The second-order valence-corrected chi connectivity index (χ2v) is 5.42. The van der Waals surface area contributed by atoms with E-state index in [2.05, 4.69) is 5.32 Å². The van der Waals surface area contributed by atoms with Gasteiger partial charge < -0.3 is 10.1 Å². The molecule has 2 aromatic rings. The van der Waals surface area contributed by atoms with E-state index in [1.807, 2.05) is 51.1 Å². The molecule has 1 N–H and O–H groups in total. The molecule has 0 radical (unpaired) electrons. The van der Waals surface area contributed by atoms with Gasteiger partial charge in [0.15, 0.2) is 6.61 Å². The fourth-order valence-corrected chi connectivity index (χ4v) is 2.16. The van der Waals surface area contributed by atoms with Gasteiger partial charge in [-0.2, -0.15) is 0 Å². The summed E-state index contributed by atoms with van der Waals surface area (Å²) in [5.41, 5.74) is 4.42. The van der Waals surface area contributed by atoms with Crippen LogP contribution in [0, 0.1) is 13.8 Å².